The Kier molecular flexibility index (Phi) is 3.87. The van der Waals surface area contributed by atoms with E-state index in [-0.39, 0.29) is 5.95 Å². The lowest BCUT2D eigenvalue weighted by atomic mass is 10.2. The first-order valence-electron chi connectivity index (χ1n) is 6.27. The van der Waals surface area contributed by atoms with Gasteiger partial charge in [-0.25, -0.2) is 9.97 Å². The summed E-state index contributed by atoms with van der Waals surface area (Å²) in [5.74, 6) is 2.58. The van der Waals surface area contributed by atoms with Gasteiger partial charge in [0.05, 0.1) is 13.2 Å². The van der Waals surface area contributed by atoms with E-state index in [1.54, 1.807) is 0 Å². The van der Waals surface area contributed by atoms with Crippen LogP contribution < -0.4 is 15.2 Å². The zero-order chi connectivity index (χ0) is 13.8. The minimum Gasteiger partial charge on any atom is -0.490 e. The van der Waals surface area contributed by atoms with E-state index in [1.165, 1.54) is 18.1 Å². The highest BCUT2D eigenvalue weighted by Gasteiger charge is 2.11. The molecule has 2 N–H and O–H groups in total. The van der Waals surface area contributed by atoms with E-state index in [2.05, 4.69) is 15.0 Å². The fourth-order valence-electron chi connectivity index (χ4n) is 1.81. The van der Waals surface area contributed by atoms with Crippen molar-refractivity contribution in [2.45, 2.75) is 17.3 Å². The third-order valence-corrected chi connectivity index (χ3v) is 3.68. The molecule has 0 aliphatic carbocycles. The molecule has 0 amide bonds. The summed E-state index contributed by atoms with van der Waals surface area (Å²) >= 11 is 1.50. The molecule has 0 unspecified atom stereocenters. The van der Waals surface area contributed by atoms with Crippen LogP contribution >= 0.6 is 11.8 Å². The predicted molar refractivity (Wildman–Crippen MR) is 75.8 cm³/mol. The number of rotatable bonds is 3. The summed E-state index contributed by atoms with van der Waals surface area (Å²) in [5, 5.41) is 0.615. The zero-order valence-electron chi connectivity index (χ0n) is 10.8. The Morgan fingerprint density at radius 1 is 1.15 bits per heavy atom. The number of nitrogen functional groups attached to an aromatic ring is 1. The smallest absolute Gasteiger partial charge is 0.223 e. The molecule has 0 bridgehead atoms. The van der Waals surface area contributed by atoms with Gasteiger partial charge in [0.2, 0.25) is 5.95 Å². The number of nitrogens with zero attached hydrogens (tertiary/aromatic N) is 3. The molecule has 20 heavy (non-hydrogen) atoms. The Morgan fingerprint density at radius 2 is 2.00 bits per heavy atom. The van der Waals surface area contributed by atoms with Crippen LogP contribution in [0.3, 0.4) is 0 Å². The number of nitrogens with two attached hydrogens (primary N) is 1. The van der Waals surface area contributed by atoms with E-state index in [0.29, 0.717) is 18.4 Å². The quantitative estimate of drug-likeness (QED) is 0.864. The second kappa shape index (κ2) is 5.96. The Hall–Kier alpha value is -2.02. The topological polar surface area (TPSA) is 83.2 Å². The molecule has 2 heterocycles. The van der Waals surface area contributed by atoms with Crippen LogP contribution in [0, 0.1) is 0 Å². The highest BCUT2D eigenvalue weighted by atomic mass is 32.2. The van der Waals surface area contributed by atoms with Gasteiger partial charge in [0.15, 0.2) is 16.7 Å². The van der Waals surface area contributed by atoms with Crippen molar-refractivity contribution in [2.24, 2.45) is 0 Å². The fourth-order valence-corrected chi connectivity index (χ4v) is 2.56. The fraction of sp³-hybridized carbons (Fsp3) is 0.308. The number of hydrogen-bond acceptors (Lipinski definition) is 7. The summed E-state index contributed by atoms with van der Waals surface area (Å²) in [7, 11) is 0. The van der Waals surface area contributed by atoms with E-state index < -0.39 is 0 Å². The molecular weight excluding hydrogens is 276 g/mol. The van der Waals surface area contributed by atoms with Crippen molar-refractivity contribution < 1.29 is 9.47 Å². The van der Waals surface area contributed by atoms with E-state index >= 15 is 0 Å². The van der Waals surface area contributed by atoms with Gasteiger partial charge in [0.25, 0.3) is 0 Å². The van der Waals surface area contributed by atoms with E-state index in [1.807, 2.05) is 18.2 Å². The molecule has 0 saturated heterocycles. The molecule has 1 aliphatic heterocycles. The molecule has 3 rings (SSSR count). The summed E-state index contributed by atoms with van der Waals surface area (Å²) in [4.78, 5) is 11.9. The second-order valence-corrected chi connectivity index (χ2v) is 5.19. The predicted octanol–water partition coefficient (Wildman–Crippen LogP) is 1.91. The van der Waals surface area contributed by atoms with Crippen LogP contribution in [0.15, 0.2) is 29.7 Å². The molecule has 1 aromatic carbocycles. The monoisotopic (exact) mass is 290 g/mol. The first kappa shape index (κ1) is 13.0. The van der Waals surface area contributed by atoms with E-state index in [0.717, 1.165) is 29.2 Å². The molecule has 2 aromatic rings. The maximum absolute atomic E-state index is 5.66. The number of benzene rings is 1. The normalized spacial score (nSPS) is 13.8. The maximum Gasteiger partial charge on any atom is 0.223 e. The highest BCUT2D eigenvalue weighted by molar-refractivity contribution is 7.98. The largest absolute Gasteiger partial charge is 0.490 e. The SMILES string of the molecule is Nc1ncnc(SCc2ccc3c(c2)OCCCO3)n1. The van der Waals surface area contributed by atoms with Crippen LogP contribution in [-0.2, 0) is 5.75 Å². The molecule has 7 heteroatoms. The van der Waals surface area contributed by atoms with Gasteiger partial charge in [0.1, 0.15) is 6.33 Å². The molecule has 0 atom stereocenters. The van der Waals surface area contributed by atoms with Crippen molar-refractivity contribution in [3.05, 3.63) is 30.1 Å². The number of aromatic nitrogens is 3. The van der Waals surface area contributed by atoms with Gasteiger partial charge in [0, 0.05) is 12.2 Å². The lowest BCUT2D eigenvalue weighted by Gasteiger charge is -2.08. The van der Waals surface area contributed by atoms with Crippen LogP contribution in [0.5, 0.6) is 11.5 Å². The number of hydrogen-bond donors (Lipinski definition) is 1. The minimum atomic E-state index is 0.237. The van der Waals surface area contributed by atoms with Gasteiger partial charge >= 0.3 is 0 Å². The standard InChI is InChI=1S/C13H14N4O2S/c14-12-15-8-16-13(17-12)20-7-9-2-3-10-11(6-9)19-5-1-4-18-10/h2-3,6,8H,1,4-5,7H2,(H2,14,15,16,17). The summed E-state index contributed by atoms with van der Waals surface area (Å²) < 4.78 is 11.3. The van der Waals surface area contributed by atoms with Gasteiger partial charge in [-0.05, 0) is 17.7 Å². The van der Waals surface area contributed by atoms with E-state index in [9.17, 15) is 0 Å². The number of thioether (sulfide) groups is 1. The van der Waals surface area contributed by atoms with Gasteiger partial charge in [-0.15, -0.1) is 0 Å². The van der Waals surface area contributed by atoms with Crippen LogP contribution in [0.1, 0.15) is 12.0 Å². The highest BCUT2D eigenvalue weighted by Crippen LogP contribution is 2.32. The maximum atomic E-state index is 5.66. The Bertz CT molecular complexity index is 609. The third-order valence-electron chi connectivity index (χ3n) is 2.75. The summed E-state index contributed by atoms with van der Waals surface area (Å²) in [6.07, 6.45) is 2.32. The Balaban J connectivity index is 1.70. The number of ether oxygens (including phenoxy) is 2. The van der Waals surface area contributed by atoms with Crippen molar-refractivity contribution in [2.75, 3.05) is 18.9 Å². The van der Waals surface area contributed by atoms with Crippen molar-refractivity contribution in [1.29, 1.82) is 0 Å². The van der Waals surface area contributed by atoms with Crippen molar-refractivity contribution in [1.82, 2.24) is 15.0 Å². The average molecular weight is 290 g/mol. The molecule has 0 saturated carbocycles. The molecule has 0 spiro atoms. The zero-order valence-corrected chi connectivity index (χ0v) is 11.6. The molecule has 6 nitrogen and oxygen atoms in total. The van der Waals surface area contributed by atoms with Gasteiger partial charge in [-0.3, -0.25) is 0 Å². The molecule has 0 fully saturated rings. The first-order chi connectivity index (χ1) is 9.81. The van der Waals surface area contributed by atoms with Crippen molar-refractivity contribution in [3.8, 4) is 11.5 Å². The lowest BCUT2D eigenvalue weighted by Crippen LogP contribution is -1.97. The second-order valence-electron chi connectivity index (χ2n) is 4.25. The van der Waals surface area contributed by atoms with E-state index in [4.69, 9.17) is 15.2 Å². The number of anilines is 1. The first-order valence-corrected chi connectivity index (χ1v) is 7.26. The van der Waals surface area contributed by atoms with Gasteiger partial charge < -0.3 is 15.2 Å². The third kappa shape index (κ3) is 3.11. The summed E-state index contributed by atoms with van der Waals surface area (Å²) in [5.41, 5.74) is 6.65. The summed E-state index contributed by atoms with van der Waals surface area (Å²) in [6, 6.07) is 5.96. The Labute approximate surface area is 120 Å². The van der Waals surface area contributed by atoms with Crippen molar-refractivity contribution in [3.63, 3.8) is 0 Å². The summed E-state index contributed by atoms with van der Waals surface area (Å²) in [6.45, 7) is 1.39. The molecule has 1 aliphatic rings. The van der Waals surface area contributed by atoms with Crippen LogP contribution in [0.4, 0.5) is 5.95 Å². The van der Waals surface area contributed by atoms with Gasteiger partial charge in [-0.2, -0.15) is 4.98 Å². The lowest BCUT2D eigenvalue weighted by molar-refractivity contribution is 0.297. The molecule has 1 aromatic heterocycles. The van der Waals surface area contributed by atoms with Gasteiger partial charge in [-0.1, -0.05) is 17.8 Å². The Morgan fingerprint density at radius 3 is 2.85 bits per heavy atom. The van der Waals surface area contributed by atoms with Crippen LogP contribution in [0.25, 0.3) is 0 Å². The minimum absolute atomic E-state index is 0.237. The molecule has 0 radical (unpaired) electrons. The molecular formula is C13H14N4O2S. The number of fused-ring (bicyclic) bond motifs is 1. The van der Waals surface area contributed by atoms with Crippen LogP contribution in [0.2, 0.25) is 0 Å². The van der Waals surface area contributed by atoms with Crippen LogP contribution in [-0.4, -0.2) is 28.2 Å². The molecule has 104 valence electrons. The van der Waals surface area contributed by atoms with Crippen molar-refractivity contribution >= 4 is 17.7 Å². The average Bonchev–Trinajstić information content (AvgIpc) is 2.70.